The van der Waals surface area contributed by atoms with E-state index in [4.69, 9.17) is 0 Å². The van der Waals surface area contributed by atoms with Gasteiger partial charge in [0.25, 0.3) is 0 Å². The first-order valence-electron chi connectivity index (χ1n) is 6.35. The van der Waals surface area contributed by atoms with Gasteiger partial charge >= 0.3 is 0 Å². The predicted octanol–water partition coefficient (Wildman–Crippen LogP) is 3.79. The number of alkyl halides is 1. The van der Waals surface area contributed by atoms with E-state index in [0.29, 0.717) is 5.41 Å². The van der Waals surface area contributed by atoms with Gasteiger partial charge in [0.2, 0.25) is 0 Å². The standard InChI is InChI=1S/C13H21BrN2/c1-2-16-10-12(9-15-16)8-13(11-14)6-4-3-5-7-13/h9-10H,2-8,11H2,1H3. The Morgan fingerprint density at radius 2 is 2.12 bits per heavy atom. The molecule has 1 saturated carbocycles. The molecule has 0 saturated heterocycles. The highest BCUT2D eigenvalue weighted by atomic mass is 79.9. The molecule has 1 aromatic heterocycles. The van der Waals surface area contributed by atoms with Gasteiger partial charge in [-0.2, -0.15) is 5.10 Å². The van der Waals surface area contributed by atoms with Gasteiger partial charge < -0.3 is 0 Å². The van der Waals surface area contributed by atoms with Crippen LogP contribution >= 0.6 is 15.9 Å². The zero-order valence-corrected chi connectivity index (χ0v) is 11.7. The third kappa shape index (κ3) is 2.68. The Bertz CT molecular complexity index is 326. The Morgan fingerprint density at radius 3 is 2.69 bits per heavy atom. The van der Waals surface area contributed by atoms with Crippen LogP contribution in [-0.2, 0) is 13.0 Å². The fourth-order valence-electron chi connectivity index (χ4n) is 2.76. The fourth-order valence-corrected chi connectivity index (χ4v) is 3.52. The van der Waals surface area contributed by atoms with E-state index in [1.807, 2.05) is 10.9 Å². The molecular weight excluding hydrogens is 264 g/mol. The summed E-state index contributed by atoms with van der Waals surface area (Å²) >= 11 is 3.72. The molecule has 0 aliphatic heterocycles. The summed E-state index contributed by atoms with van der Waals surface area (Å²) < 4.78 is 2.03. The second kappa shape index (κ2) is 5.35. The van der Waals surface area contributed by atoms with Crippen molar-refractivity contribution >= 4 is 15.9 Å². The average molecular weight is 285 g/mol. The van der Waals surface area contributed by atoms with E-state index in [2.05, 4.69) is 34.1 Å². The molecule has 1 aliphatic carbocycles. The van der Waals surface area contributed by atoms with Crippen molar-refractivity contribution in [1.82, 2.24) is 9.78 Å². The second-order valence-electron chi connectivity index (χ2n) is 5.08. The lowest BCUT2D eigenvalue weighted by Gasteiger charge is -2.35. The molecule has 0 unspecified atom stereocenters. The van der Waals surface area contributed by atoms with Crippen molar-refractivity contribution < 1.29 is 0 Å². The van der Waals surface area contributed by atoms with Gasteiger partial charge in [-0.05, 0) is 37.2 Å². The van der Waals surface area contributed by atoms with Crippen LogP contribution < -0.4 is 0 Å². The van der Waals surface area contributed by atoms with Crippen LogP contribution in [0.3, 0.4) is 0 Å². The topological polar surface area (TPSA) is 17.8 Å². The lowest BCUT2D eigenvalue weighted by atomic mass is 9.72. The van der Waals surface area contributed by atoms with Crippen LogP contribution in [0.15, 0.2) is 12.4 Å². The predicted molar refractivity (Wildman–Crippen MR) is 70.9 cm³/mol. The van der Waals surface area contributed by atoms with Crippen LogP contribution in [0, 0.1) is 5.41 Å². The van der Waals surface area contributed by atoms with Crippen molar-refractivity contribution in [3.05, 3.63) is 18.0 Å². The summed E-state index contributed by atoms with van der Waals surface area (Å²) in [6.45, 7) is 3.11. The maximum Gasteiger partial charge on any atom is 0.0521 e. The SMILES string of the molecule is CCn1cc(CC2(CBr)CCCCC2)cn1. The van der Waals surface area contributed by atoms with E-state index < -0.39 is 0 Å². The Labute approximate surface area is 107 Å². The van der Waals surface area contributed by atoms with E-state index in [1.165, 1.54) is 44.1 Å². The summed E-state index contributed by atoms with van der Waals surface area (Å²) in [5, 5.41) is 5.50. The van der Waals surface area contributed by atoms with Crippen LogP contribution in [-0.4, -0.2) is 15.1 Å². The van der Waals surface area contributed by atoms with Crippen LogP contribution in [0.5, 0.6) is 0 Å². The molecular formula is C13H21BrN2. The van der Waals surface area contributed by atoms with Gasteiger partial charge in [0.15, 0.2) is 0 Å². The number of aromatic nitrogens is 2. The average Bonchev–Trinajstić information content (AvgIpc) is 2.78. The fraction of sp³-hybridized carbons (Fsp3) is 0.769. The zero-order chi connectivity index (χ0) is 11.4. The van der Waals surface area contributed by atoms with Crippen molar-refractivity contribution in [1.29, 1.82) is 0 Å². The largest absolute Gasteiger partial charge is 0.273 e. The number of rotatable bonds is 4. The number of hydrogen-bond acceptors (Lipinski definition) is 1. The smallest absolute Gasteiger partial charge is 0.0521 e. The molecule has 0 amide bonds. The van der Waals surface area contributed by atoms with Crippen LogP contribution in [0.2, 0.25) is 0 Å². The molecule has 0 aromatic carbocycles. The summed E-state index contributed by atoms with van der Waals surface area (Å²) in [4.78, 5) is 0. The quantitative estimate of drug-likeness (QED) is 0.770. The third-order valence-electron chi connectivity index (χ3n) is 3.79. The first-order chi connectivity index (χ1) is 7.78. The van der Waals surface area contributed by atoms with Gasteiger partial charge in [-0.3, -0.25) is 4.68 Å². The van der Waals surface area contributed by atoms with Crippen LogP contribution in [0.25, 0.3) is 0 Å². The summed E-state index contributed by atoms with van der Waals surface area (Å²) in [5.74, 6) is 0. The lowest BCUT2D eigenvalue weighted by molar-refractivity contribution is 0.223. The summed E-state index contributed by atoms with van der Waals surface area (Å²) in [6.07, 6.45) is 12.4. The molecule has 90 valence electrons. The van der Waals surface area contributed by atoms with Crippen LogP contribution in [0.1, 0.15) is 44.6 Å². The molecule has 0 N–H and O–H groups in total. The Kier molecular flexibility index (Phi) is 4.06. The van der Waals surface area contributed by atoms with E-state index >= 15 is 0 Å². The first kappa shape index (κ1) is 12.2. The van der Waals surface area contributed by atoms with E-state index in [-0.39, 0.29) is 0 Å². The minimum absolute atomic E-state index is 0.500. The number of hydrogen-bond donors (Lipinski definition) is 0. The Balaban J connectivity index is 2.05. The minimum atomic E-state index is 0.500. The molecule has 2 nitrogen and oxygen atoms in total. The molecule has 0 atom stereocenters. The van der Waals surface area contributed by atoms with E-state index in [0.717, 1.165) is 11.9 Å². The highest BCUT2D eigenvalue weighted by Gasteiger charge is 2.31. The van der Waals surface area contributed by atoms with Gasteiger partial charge in [-0.25, -0.2) is 0 Å². The maximum absolute atomic E-state index is 4.37. The lowest BCUT2D eigenvalue weighted by Crippen LogP contribution is -2.28. The molecule has 2 rings (SSSR count). The highest BCUT2D eigenvalue weighted by molar-refractivity contribution is 9.09. The highest BCUT2D eigenvalue weighted by Crippen LogP contribution is 2.40. The number of nitrogens with zero attached hydrogens (tertiary/aromatic N) is 2. The van der Waals surface area contributed by atoms with E-state index in [9.17, 15) is 0 Å². The van der Waals surface area contributed by atoms with Gasteiger partial charge in [0, 0.05) is 18.1 Å². The molecule has 1 aliphatic rings. The van der Waals surface area contributed by atoms with Crippen molar-refractivity contribution in [3.8, 4) is 0 Å². The van der Waals surface area contributed by atoms with Gasteiger partial charge in [0.1, 0.15) is 0 Å². The van der Waals surface area contributed by atoms with E-state index in [1.54, 1.807) is 0 Å². The Hall–Kier alpha value is -0.310. The van der Waals surface area contributed by atoms with Gasteiger partial charge in [0.05, 0.1) is 6.20 Å². The summed E-state index contributed by atoms with van der Waals surface area (Å²) in [6, 6.07) is 0. The monoisotopic (exact) mass is 284 g/mol. The maximum atomic E-state index is 4.37. The first-order valence-corrected chi connectivity index (χ1v) is 7.47. The molecule has 0 spiro atoms. The zero-order valence-electron chi connectivity index (χ0n) is 10.1. The summed E-state index contributed by atoms with van der Waals surface area (Å²) in [7, 11) is 0. The molecule has 16 heavy (non-hydrogen) atoms. The van der Waals surface area contributed by atoms with Crippen molar-refractivity contribution in [3.63, 3.8) is 0 Å². The van der Waals surface area contributed by atoms with Crippen molar-refractivity contribution in [2.75, 3.05) is 5.33 Å². The third-order valence-corrected chi connectivity index (χ3v) is 4.98. The minimum Gasteiger partial charge on any atom is -0.273 e. The second-order valence-corrected chi connectivity index (χ2v) is 5.64. The molecule has 3 heteroatoms. The number of halogens is 1. The molecule has 0 radical (unpaired) electrons. The van der Waals surface area contributed by atoms with Gasteiger partial charge in [-0.15, -0.1) is 0 Å². The normalized spacial score (nSPS) is 19.9. The van der Waals surface area contributed by atoms with Gasteiger partial charge in [-0.1, -0.05) is 35.2 Å². The van der Waals surface area contributed by atoms with Crippen molar-refractivity contribution in [2.45, 2.75) is 52.0 Å². The van der Waals surface area contributed by atoms with Crippen LogP contribution in [0.4, 0.5) is 0 Å². The number of aryl methyl sites for hydroxylation is 1. The summed E-state index contributed by atoms with van der Waals surface area (Å²) in [5.41, 5.74) is 1.91. The van der Waals surface area contributed by atoms with Crippen molar-refractivity contribution in [2.24, 2.45) is 5.41 Å². The molecule has 1 aromatic rings. The molecule has 1 heterocycles. The molecule has 1 fully saturated rings. The molecule has 0 bridgehead atoms. The Morgan fingerprint density at radius 1 is 1.38 bits per heavy atom.